The molecule has 24 heavy (non-hydrogen) atoms. The molecule has 1 aliphatic rings. The number of nitrogens with one attached hydrogen (secondary N) is 1. The first-order chi connectivity index (χ1) is 11.4. The summed E-state index contributed by atoms with van der Waals surface area (Å²) in [6.45, 7) is 1.62. The van der Waals surface area contributed by atoms with E-state index in [-0.39, 0.29) is 10.6 Å². The van der Waals surface area contributed by atoms with Crippen molar-refractivity contribution in [2.75, 3.05) is 0 Å². The van der Waals surface area contributed by atoms with E-state index in [4.69, 9.17) is 23.2 Å². The van der Waals surface area contributed by atoms with Crippen LogP contribution in [0.2, 0.25) is 9.49 Å². The number of halogens is 3. The van der Waals surface area contributed by atoms with Gasteiger partial charge in [-0.05, 0) is 19.1 Å². The second-order valence-corrected chi connectivity index (χ2v) is 6.85. The smallest absolute Gasteiger partial charge is 0.335 e. The summed E-state index contributed by atoms with van der Waals surface area (Å²) in [5.41, 5.74) is 1.34. The number of nitrogens with zero attached hydrogens (tertiary/aromatic N) is 2. The molecule has 2 N–H and O–H groups in total. The lowest BCUT2D eigenvalue weighted by atomic mass is 9.96. The first-order valence-corrected chi connectivity index (χ1v) is 8.35. The number of thiazole rings is 1. The third-order valence-electron chi connectivity index (χ3n) is 3.45. The number of aliphatic carboxylic acids is 1. The summed E-state index contributed by atoms with van der Waals surface area (Å²) >= 11 is 13.2. The van der Waals surface area contributed by atoms with Crippen LogP contribution >= 0.6 is 34.5 Å². The molecule has 1 aromatic carbocycles. The number of carboxylic acids is 1. The van der Waals surface area contributed by atoms with E-state index in [0.717, 1.165) is 6.07 Å². The van der Waals surface area contributed by atoms with Crippen LogP contribution < -0.4 is 5.32 Å². The lowest BCUT2D eigenvalue weighted by Gasteiger charge is -2.25. The molecule has 1 aliphatic heterocycles. The normalized spacial score (nSPS) is 17.5. The summed E-state index contributed by atoms with van der Waals surface area (Å²) in [6, 6.07) is 2.89. The number of rotatable bonds is 3. The highest BCUT2D eigenvalue weighted by atomic mass is 35.5. The van der Waals surface area contributed by atoms with Gasteiger partial charge in [-0.15, -0.1) is 11.3 Å². The van der Waals surface area contributed by atoms with Crippen molar-refractivity contribution in [3.8, 4) is 0 Å². The van der Waals surface area contributed by atoms with E-state index in [2.05, 4.69) is 15.3 Å². The number of benzene rings is 1. The minimum Gasteiger partial charge on any atom is -0.478 e. The first-order valence-electron chi connectivity index (χ1n) is 6.72. The van der Waals surface area contributed by atoms with E-state index in [0.29, 0.717) is 27.3 Å². The zero-order valence-electron chi connectivity index (χ0n) is 12.2. The Hall–Kier alpha value is -1.96. The molecule has 124 valence electrons. The average Bonchev–Trinajstić information content (AvgIpc) is 2.92. The Morgan fingerprint density at radius 2 is 2.17 bits per heavy atom. The maximum absolute atomic E-state index is 13.3. The molecule has 0 fully saturated rings. The van der Waals surface area contributed by atoms with Gasteiger partial charge in [0.05, 0.1) is 5.57 Å². The summed E-state index contributed by atoms with van der Waals surface area (Å²) in [7, 11) is 0. The minimum atomic E-state index is -1.13. The second kappa shape index (κ2) is 6.51. The molecule has 5 nitrogen and oxygen atoms in total. The standard InChI is InChI=1S/C15H10Cl2FN3O2S/c1-6-11(14(22)23)12(8-3-2-7(18)4-9(8)16)21-13(19-6)10-5-24-15(17)20-10/h2-5,12H,1H3,(H,19,21)(H,22,23). The fourth-order valence-electron chi connectivity index (χ4n) is 2.39. The molecule has 2 aromatic rings. The lowest BCUT2D eigenvalue weighted by Crippen LogP contribution is -2.32. The Morgan fingerprint density at radius 3 is 2.75 bits per heavy atom. The number of hydrogen-bond donors (Lipinski definition) is 2. The summed E-state index contributed by atoms with van der Waals surface area (Å²) in [6.07, 6.45) is 0. The Kier molecular flexibility index (Phi) is 4.58. The molecule has 1 unspecified atom stereocenters. The SMILES string of the molecule is CC1=C(C(=O)O)C(c2ccc(F)cc2Cl)N=C(c2csc(Cl)n2)N1. The van der Waals surface area contributed by atoms with Crippen LogP contribution in [0.3, 0.4) is 0 Å². The maximum atomic E-state index is 13.3. The Balaban J connectivity index is 2.14. The summed E-state index contributed by atoms with van der Waals surface area (Å²) in [4.78, 5) is 20.2. The molecule has 3 rings (SSSR count). The summed E-state index contributed by atoms with van der Waals surface area (Å²) in [5.74, 6) is -1.26. The Bertz CT molecular complexity index is 895. The Labute approximate surface area is 150 Å². The van der Waals surface area contributed by atoms with Gasteiger partial charge in [0.1, 0.15) is 17.6 Å². The number of aliphatic imine (C=N–C) groups is 1. The van der Waals surface area contributed by atoms with Crippen molar-refractivity contribution < 1.29 is 14.3 Å². The second-order valence-electron chi connectivity index (χ2n) is 5.00. The first kappa shape index (κ1) is 16.9. The largest absolute Gasteiger partial charge is 0.478 e. The molecule has 0 bridgehead atoms. The summed E-state index contributed by atoms with van der Waals surface area (Å²) in [5, 5.41) is 14.3. The molecule has 9 heteroatoms. The Morgan fingerprint density at radius 1 is 1.42 bits per heavy atom. The van der Waals surface area contributed by atoms with Gasteiger partial charge in [-0.2, -0.15) is 0 Å². The monoisotopic (exact) mass is 385 g/mol. The number of aromatic nitrogens is 1. The van der Waals surface area contributed by atoms with Gasteiger partial charge in [-0.3, -0.25) is 4.99 Å². The van der Waals surface area contributed by atoms with Crippen LogP contribution in [0.1, 0.15) is 24.2 Å². The number of carboxylic acid groups (broad SMARTS) is 1. The molecule has 0 spiro atoms. The summed E-state index contributed by atoms with van der Waals surface area (Å²) < 4.78 is 13.7. The highest BCUT2D eigenvalue weighted by Gasteiger charge is 2.31. The number of hydrogen-bond acceptors (Lipinski definition) is 5. The fourth-order valence-corrected chi connectivity index (χ4v) is 3.41. The van der Waals surface area contributed by atoms with Crippen LogP contribution in [0.5, 0.6) is 0 Å². The van der Waals surface area contributed by atoms with Crippen molar-refractivity contribution in [1.29, 1.82) is 0 Å². The fraction of sp³-hybridized carbons (Fsp3) is 0.133. The van der Waals surface area contributed by atoms with Crippen molar-refractivity contribution >= 4 is 46.3 Å². The molecule has 1 aromatic heterocycles. The van der Waals surface area contributed by atoms with E-state index < -0.39 is 17.8 Å². The highest BCUT2D eigenvalue weighted by molar-refractivity contribution is 7.14. The van der Waals surface area contributed by atoms with Crippen molar-refractivity contribution in [2.45, 2.75) is 13.0 Å². The predicted molar refractivity (Wildman–Crippen MR) is 91.3 cm³/mol. The molecule has 0 saturated carbocycles. The van der Waals surface area contributed by atoms with Gasteiger partial charge in [0.2, 0.25) is 0 Å². The van der Waals surface area contributed by atoms with Crippen LogP contribution in [0.4, 0.5) is 4.39 Å². The van der Waals surface area contributed by atoms with Gasteiger partial charge in [-0.1, -0.05) is 29.3 Å². The third-order valence-corrected chi connectivity index (χ3v) is 4.75. The molecule has 1 atom stereocenters. The van der Waals surface area contributed by atoms with Gasteiger partial charge in [0.25, 0.3) is 0 Å². The van der Waals surface area contributed by atoms with Crippen LogP contribution in [-0.4, -0.2) is 21.9 Å². The molecule has 0 amide bonds. The number of carbonyl (C=O) groups is 1. The molecule has 0 aliphatic carbocycles. The van der Waals surface area contributed by atoms with E-state index in [1.54, 1.807) is 12.3 Å². The molecule has 0 radical (unpaired) electrons. The molecule has 0 saturated heterocycles. The molecular weight excluding hydrogens is 376 g/mol. The van der Waals surface area contributed by atoms with Crippen molar-refractivity contribution in [3.05, 3.63) is 61.4 Å². The maximum Gasteiger partial charge on any atom is 0.335 e. The van der Waals surface area contributed by atoms with E-state index >= 15 is 0 Å². The van der Waals surface area contributed by atoms with Crippen LogP contribution in [0.15, 0.2) is 39.8 Å². The van der Waals surface area contributed by atoms with Crippen molar-refractivity contribution in [3.63, 3.8) is 0 Å². The van der Waals surface area contributed by atoms with Gasteiger partial charge >= 0.3 is 5.97 Å². The topological polar surface area (TPSA) is 74.6 Å². The lowest BCUT2D eigenvalue weighted by molar-refractivity contribution is -0.133. The van der Waals surface area contributed by atoms with Gasteiger partial charge in [0, 0.05) is 21.7 Å². The number of amidine groups is 1. The van der Waals surface area contributed by atoms with Gasteiger partial charge < -0.3 is 10.4 Å². The van der Waals surface area contributed by atoms with Crippen LogP contribution in [0, 0.1) is 5.82 Å². The van der Waals surface area contributed by atoms with E-state index in [9.17, 15) is 14.3 Å². The molecule has 2 heterocycles. The van der Waals surface area contributed by atoms with E-state index in [1.165, 1.54) is 23.5 Å². The number of allylic oxidation sites excluding steroid dienone is 1. The third kappa shape index (κ3) is 3.15. The zero-order valence-corrected chi connectivity index (χ0v) is 14.5. The van der Waals surface area contributed by atoms with Crippen LogP contribution in [-0.2, 0) is 4.79 Å². The van der Waals surface area contributed by atoms with Gasteiger partial charge in [0.15, 0.2) is 10.3 Å². The van der Waals surface area contributed by atoms with Crippen molar-refractivity contribution in [1.82, 2.24) is 10.3 Å². The quantitative estimate of drug-likeness (QED) is 0.835. The zero-order chi connectivity index (χ0) is 17.4. The van der Waals surface area contributed by atoms with Crippen LogP contribution in [0.25, 0.3) is 0 Å². The van der Waals surface area contributed by atoms with E-state index in [1.807, 2.05) is 0 Å². The highest BCUT2D eigenvalue weighted by Crippen LogP contribution is 2.36. The molecular formula is C15H10Cl2FN3O2S. The van der Waals surface area contributed by atoms with Crippen molar-refractivity contribution in [2.24, 2.45) is 4.99 Å². The minimum absolute atomic E-state index is 0.0357. The predicted octanol–water partition coefficient (Wildman–Crippen LogP) is 4.04. The average molecular weight is 386 g/mol. The van der Waals surface area contributed by atoms with Gasteiger partial charge in [-0.25, -0.2) is 14.2 Å².